The van der Waals surface area contributed by atoms with Crippen molar-refractivity contribution in [1.29, 1.82) is 0 Å². The molecule has 1 aliphatic carbocycles. The van der Waals surface area contributed by atoms with Crippen LogP contribution in [0.5, 0.6) is 0 Å². The molecule has 1 unspecified atom stereocenters. The van der Waals surface area contributed by atoms with E-state index in [0.717, 1.165) is 5.71 Å². The Hall–Kier alpha value is -1.15. The minimum atomic E-state index is -0.183. The molecule has 0 bridgehead atoms. The van der Waals surface area contributed by atoms with Crippen molar-refractivity contribution in [2.45, 2.75) is 0 Å². The summed E-state index contributed by atoms with van der Waals surface area (Å²) < 4.78 is 0. The highest BCUT2D eigenvalue weighted by Gasteiger charge is 2.23. The molecule has 0 amide bonds. The van der Waals surface area contributed by atoms with Crippen LogP contribution in [0.25, 0.3) is 0 Å². The number of fused-ring (bicyclic) bond motifs is 1. The molecule has 2 rings (SSSR count). The Balaban J connectivity index is 2.39. The number of carbonyl (C=O) groups excluding carboxylic acids is 1. The molecule has 0 saturated heterocycles. The molecule has 0 aromatic rings. The van der Waals surface area contributed by atoms with Crippen LogP contribution in [0, 0.1) is 5.92 Å². The number of hydrogen-bond acceptors (Lipinski definition) is 2. The average molecular weight is 194 g/mol. The lowest BCUT2D eigenvalue weighted by Crippen LogP contribution is -2.24. The normalized spacial score (nSPS) is 25.3. The summed E-state index contributed by atoms with van der Waals surface area (Å²) in [6.45, 7) is 0. The number of carbonyl (C=O) groups is 1. The molecular weight excluding hydrogens is 186 g/mol. The molecule has 1 aliphatic heterocycles. The Morgan fingerprint density at radius 3 is 3.08 bits per heavy atom. The van der Waals surface area contributed by atoms with E-state index in [9.17, 15) is 4.79 Å². The van der Waals surface area contributed by atoms with E-state index >= 15 is 0 Å². The van der Waals surface area contributed by atoms with E-state index in [-0.39, 0.29) is 11.7 Å². The predicted molar refractivity (Wildman–Crippen MR) is 53.0 cm³/mol. The highest BCUT2D eigenvalue weighted by Crippen LogP contribution is 2.19. The fourth-order valence-electron chi connectivity index (χ4n) is 1.40. The fraction of sp³-hybridized carbons (Fsp3) is 0.200. The van der Waals surface area contributed by atoms with Gasteiger partial charge in [-0.2, -0.15) is 0 Å². The largest absolute Gasteiger partial charge is 0.294 e. The Kier molecular flexibility index (Phi) is 2.15. The molecular formula is C10H8ClNO. The lowest BCUT2D eigenvalue weighted by atomic mass is 9.91. The number of halogens is 1. The van der Waals surface area contributed by atoms with Crippen molar-refractivity contribution in [1.82, 2.24) is 0 Å². The summed E-state index contributed by atoms with van der Waals surface area (Å²) in [4.78, 5) is 15.8. The summed E-state index contributed by atoms with van der Waals surface area (Å²) in [5.41, 5.74) is 1.45. The molecule has 3 heteroatoms. The molecule has 0 aromatic heterocycles. The Morgan fingerprint density at radius 1 is 1.46 bits per heavy atom. The second kappa shape index (κ2) is 3.30. The van der Waals surface area contributed by atoms with Gasteiger partial charge < -0.3 is 0 Å². The maximum Gasteiger partial charge on any atom is 0.170 e. The monoisotopic (exact) mass is 193 g/mol. The van der Waals surface area contributed by atoms with Crippen molar-refractivity contribution >= 4 is 23.1 Å². The molecule has 0 radical (unpaired) electrons. The van der Waals surface area contributed by atoms with Gasteiger partial charge in [-0.15, -0.1) is 11.6 Å². The summed E-state index contributed by atoms with van der Waals surface area (Å²) in [6.07, 6.45) is 8.95. The Labute approximate surface area is 81.3 Å². The van der Waals surface area contributed by atoms with Gasteiger partial charge in [0.2, 0.25) is 0 Å². The van der Waals surface area contributed by atoms with Gasteiger partial charge in [-0.05, 0) is 6.08 Å². The summed E-state index contributed by atoms with van der Waals surface area (Å²) in [7, 11) is 0. The molecule has 0 fully saturated rings. The number of rotatable bonds is 1. The third kappa shape index (κ3) is 1.49. The number of alkyl halides is 1. The van der Waals surface area contributed by atoms with E-state index in [2.05, 4.69) is 4.99 Å². The predicted octanol–water partition coefficient (Wildman–Crippen LogP) is 1.88. The number of ketones is 1. The molecule has 1 heterocycles. The lowest BCUT2D eigenvalue weighted by molar-refractivity contribution is -0.115. The second-order valence-corrected chi connectivity index (χ2v) is 3.20. The molecule has 0 aromatic carbocycles. The van der Waals surface area contributed by atoms with Crippen LogP contribution in [-0.4, -0.2) is 17.4 Å². The van der Waals surface area contributed by atoms with Gasteiger partial charge >= 0.3 is 0 Å². The average Bonchev–Trinajstić information content (AvgIpc) is 2.18. The first kappa shape index (κ1) is 8.45. The number of nitrogens with zero attached hydrogens (tertiary/aromatic N) is 1. The maximum atomic E-state index is 11.5. The Bertz CT molecular complexity index is 363. The van der Waals surface area contributed by atoms with Crippen LogP contribution in [0.15, 0.2) is 41.1 Å². The van der Waals surface area contributed by atoms with E-state index in [0.29, 0.717) is 11.6 Å². The van der Waals surface area contributed by atoms with Crippen LogP contribution < -0.4 is 0 Å². The van der Waals surface area contributed by atoms with Crippen molar-refractivity contribution in [2.24, 2.45) is 10.9 Å². The zero-order chi connectivity index (χ0) is 9.26. The second-order valence-electron chi connectivity index (χ2n) is 2.93. The molecule has 0 spiro atoms. The van der Waals surface area contributed by atoms with Gasteiger partial charge in [0.1, 0.15) is 0 Å². The van der Waals surface area contributed by atoms with Gasteiger partial charge in [0.15, 0.2) is 5.78 Å². The first-order valence-corrected chi connectivity index (χ1v) is 4.58. The van der Waals surface area contributed by atoms with Crippen LogP contribution in [0.1, 0.15) is 0 Å². The smallest absolute Gasteiger partial charge is 0.170 e. The number of allylic oxidation sites excluding steroid dienone is 6. The van der Waals surface area contributed by atoms with Gasteiger partial charge in [-0.25, -0.2) is 0 Å². The van der Waals surface area contributed by atoms with E-state index in [4.69, 9.17) is 11.6 Å². The third-order valence-electron chi connectivity index (χ3n) is 2.03. The zero-order valence-corrected chi connectivity index (χ0v) is 7.66. The van der Waals surface area contributed by atoms with Gasteiger partial charge in [0, 0.05) is 6.08 Å². The van der Waals surface area contributed by atoms with Crippen LogP contribution in [0.3, 0.4) is 0 Å². The van der Waals surface area contributed by atoms with Crippen LogP contribution >= 0.6 is 11.6 Å². The third-order valence-corrected chi connectivity index (χ3v) is 2.30. The molecule has 0 saturated carbocycles. The van der Waals surface area contributed by atoms with Crippen molar-refractivity contribution in [3.63, 3.8) is 0 Å². The van der Waals surface area contributed by atoms with Crippen molar-refractivity contribution in [2.75, 3.05) is 5.88 Å². The van der Waals surface area contributed by atoms with E-state index < -0.39 is 0 Å². The molecule has 13 heavy (non-hydrogen) atoms. The molecule has 2 aliphatic rings. The van der Waals surface area contributed by atoms with E-state index in [1.807, 2.05) is 24.3 Å². The van der Waals surface area contributed by atoms with E-state index in [1.54, 1.807) is 0 Å². The zero-order valence-electron chi connectivity index (χ0n) is 6.90. The number of aliphatic imine (C=N–C) groups is 1. The fourth-order valence-corrected chi connectivity index (χ4v) is 1.54. The topological polar surface area (TPSA) is 29.4 Å². The highest BCUT2D eigenvalue weighted by atomic mass is 35.5. The van der Waals surface area contributed by atoms with Crippen LogP contribution in [0.4, 0.5) is 0 Å². The molecule has 66 valence electrons. The summed E-state index contributed by atoms with van der Waals surface area (Å²) in [5.74, 6) is 0.178. The lowest BCUT2D eigenvalue weighted by Gasteiger charge is -2.17. The first-order chi connectivity index (χ1) is 6.31. The standard InChI is InChI=1S/C10H8ClNO/c11-6-7-5-10(13)8-3-1-2-4-9(8)12-7/h1-5,8H,6H2. The van der Waals surface area contributed by atoms with Gasteiger partial charge in [0.25, 0.3) is 0 Å². The van der Waals surface area contributed by atoms with Crippen LogP contribution in [-0.2, 0) is 4.79 Å². The molecule has 2 nitrogen and oxygen atoms in total. The van der Waals surface area contributed by atoms with Crippen molar-refractivity contribution in [3.05, 3.63) is 36.1 Å². The summed E-state index contributed by atoms with van der Waals surface area (Å²) >= 11 is 5.61. The first-order valence-electron chi connectivity index (χ1n) is 4.05. The highest BCUT2D eigenvalue weighted by molar-refractivity contribution is 6.22. The Morgan fingerprint density at radius 2 is 2.31 bits per heavy atom. The summed E-state index contributed by atoms with van der Waals surface area (Å²) in [6, 6.07) is 0. The number of hydrogen-bond donors (Lipinski definition) is 0. The maximum absolute atomic E-state index is 11.5. The van der Waals surface area contributed by atoms with E-state index in [1.165, 1.54) is 6.08 Å². The van der Waals surface area contributed by atoms with Gasteiger partial charge in [-0.1, -0.05) is 18.2 Å². The minimum absolute atomic E-state index is 0.0706. The molecule has 1 atom stereocenters. The van der Waals surface area contributed by atoms with Gasteiger partial charge in [0.05, 0.1) is 23.2 Å². The van der Waals surface area contributed by atoms with Crippen LogP contribution in [0.2, 0.25) is 0 Å². The van der Waals surface area contributed by atoms with Crippen molar-refractivity contribution < 1.29 is 4.79 Å². The quantitative estimate of drug-likeness (QED) is 0.585. The van der Waals surface area contributed by atoms with Crippen molar-refractivity contribution in [3.8, 4) is 0 Å². The SMILES string of the molecule is O=C1C=C(CCl)N=C2C=CC=CC12. The minimum Gasteiger partial charge on any atom is -0.294 e. The summed E-state index contributed by atoms with van der Waals surface area (Å²) in [5, 5.41) is 0. The van der Waals surface area contributed by atoms with Gasteiger partial charge in [-0.3, -0.25) is 9.79 Å². The molecule has 0 N–H and O–H groups in total.